The Morgan fingerprint density at radius 1 is 1.27 bits per heavy atom. The Labute approximate surface area is 161 Å². The number of hydrogen-bond acceptors (Lipinski definition) is 5. The summed E-state index contributed by atoms with van der Waals surface area (Å²) in [5.41, 5.74) is 0.575. The van der Waals surface area contributed by atoms with Crippen molar-refractivity contribution in [3.63, 3.8) is 0 Å². The largest absolute Gasteiger partial charge is 0.349 e. The number of rotatable bonds is 5. The Morgan fingerprint density at radius 2 is 1.92 bits per heavy atom. The van der Waals surface area contributed by atoms with Crippen molar-refractivity contribution >= 4 is 34.9 Å². The third-order valence-corrected chi connectivity index (χ3v) is 4.72. The van der Waals surface area contributed by atoms with Gasteiger partial charge in [0.1, 0.15) is 6.04 Å². The van der Waals surface area contributed by atoms with Gasteiger partial charge < -0.3 is 10.2 Å². The van der Waals surface area contributed by atoms with Gasteiger partial charge in [0.25, 0.3) is 5.91 Å². The predicted molar refractivity (Wildman–Crippen MR) is 101 cm³/mol. The van der Waals surface area contributed by atoms with Crippen molar-refractivity contribution in [2.75, 3.05) is 0 Å². The van der Waals surface area contributed by atoms with Gasteiger partial charge in [-0.15, -0.1) is 5.10 Å². The minimum atomic E-state index is -0.742. The summed E-state index contributed by atoms with van der Waals surface area (Å²) >= 11 is 7.12. The lowest BCUT2D eigenvalue weighted by atomic mass is 10.0. The standard InChI is InChI=1S/C18H21ClN4O2S/c1-18(2,3)20-16(24)15(11-4-6-12(19)7-5-11)23(13-8-9-13)17(25)14-10-26-22-21-14/h4-7,10,13,15H,8-9H2,1-3H3,(H,20,24)/t15-/m1/s1. The maximum Gasteiger partial charge on any atom is 0.276 e. The van der Waals surface area contributed by atoms with Crippen molar-refractivity contribution < 1.29 is 9.59 Å². The average Bonchev–Trinajstić information content (AvgIpc) is 3.23. The number of nitrogens with one attached hydrogen (secondary N) is 1. The van der Waals surface area contributed by atoms with Crippen LogP contribution in [0.1, 0.15) is 55.7 Å². The van der Waals surface area contributed by atoms with E-state index in [2.05, 4.69) is 14.9 Å². The number of carbonyl (C=O) groups excluding carboxylic acids is 2. The van der Waals surface area contributed by atoms with Crippen LogP contribution in [0, 0.1) is 0 Å². The number of hydrogen-bond donors (Lipinski definition) is 1. The SMILES string of the molecule is CC(C)(C)NC(=O)[C@@H](c1ccc(Cl)cc1)N(C(=O)c1csnn1)C1CC1. The van der Waals surface area contributed by atoms with Gasteiger partial charge in [0.15, 0.2) is 5.69 Å². The molecule has 2 amide bonds. The van der Waals surface area contributed by atoms with Crippen molar-refractivity contribution in [1.29, 1.82) is 0 Å². The smallest absolute Gasteiger partial charge is 0.276 e. The Balaban J connectivity index is 2.00. The molecule has 0 spiro atoms. The van der Waals surface area contributed by atoms with Gasteiger partial charge in [-0.05, 0) is 62.8 Å². The summed E-state index contributed by atoms with van der Waals surface area (Å²) in [6.45, 7) is 5.74. The first-order chi connectivity index (χ1) is 12.3. The molecule has 1 aromatic carbocycles. The Bertz CT molecular complexity index is 783. The second-order valence-electron chi connectivity index (χ2n) is 7.43. The highest BCUT2D eigenvalue weighted by molar-refractivity contribution is 7.03. The molecule has 2 aromatic rings. The Morgan fingerprint density at radius 3 is 2.42 bits per heavy atom. The molecule has 0 unspecified atom stereocenters. The van der Waals surface area contributed by atoms with Crippen molar-refractivity contribution in [2.24, 2.45) is 0 Å². The molecule has 1 aliphatic carbocycles. The zero-order valence-corrected chi connectivity index (χ0v) is 16.5. The first-order valence-electron chi connectivity index (χ1n) is 8.43. The molecule has 1 fully saturated rings. The molecule has 26 heavy (non-hydrogen) atoms. The van der Waals surface area contributed by atoms with Gasteiger partial charge >= 0.3 is 0 Å². The first-order valence-corrected chi connectivity index (χ1v) is 9.65. The van der Waals surface area contributed by atoms with E-state index in [-0.39, 0.29) is 23.6 Å². The lowest BCUT2D eigenvalue weighted by molar-refractivity contribution is -0.127. The van der Waals surface area contributed by atoms with Crippen LogP contribution in [0.4, 0.5) is 0 Å². The summed E-state index contributed by atoms with van der Waals surface area (Å²) in [7, 11) is 0. The average molecular weight is 393 g/mol. The van der Waals surface area contributed by atoms with E-state index in [0.717, 1.165) is 29.9 Å². The van der Waals surface area contributed by atoms with E-state index >= 15 is 0 Å². The zero-order chi connectivity index (χ0) is 18.9. The highest BCUT2D eigenvalue weighted by Crippen LogP contribution is 2.36. The van der Waals surface area contributed by atoms with Gasteiger partial charge in [0, 0.05) is 22.0 Å². The molecule has 1 aromatic heterocycles. The van der Waals surface area contributed by atoms with E-state index in [4.69, 9.17) is 11.6 Å². The summed E-state index contributed by atoms with van der Waals surface area (Å²) in [4.78, 5) is 27.8. The molecule has 1 N–H and O–H groups in total. The van der Waals surface area contributed by atoms with Crippen LogP contribution in [-0.4, -0.2) is 37.9 Å². The molecule has 0 saturated heterocycles. The third kappa shape index (κ3) is 4.40. The molecule has 3 rings (SSSR count). The topological polar surface area (TPSA) is 75.2 Å². The Hall–Kier alpha value is -1.99. The van der Waals surface area contributed by atoms with E-state index in [0.29, 0.717) is 5.02 Å². The summed E-state index contributed by atoms with van der Waals surface area (Å²) in [6, 6.07) is 6.32. The number of aromatic nitrogens is 2. The monoisotopic (exact) mass is 392 g/mol. The normalized spacial score (nSPS) is 15.4. The zero-order valence-electron chi connectivity index (χ0n) is 14.9. The van der Waals surface area contributed by atoms with E-state index < -0.39 is 11.6 Å². The maximum absolute atomic E-state index is 13.1. The van der Waals surface area contributed by atoms with Crippen LogP contribution in [0.15, 0.2) is 29.6 Å². The molecule has 0 radical (unpaired) electrons. The molecule has 0 aliphatic heterocycles. The van der Waals surface area contributed by atoms with Crippen molar-refractivity contribution in [1.82, 2.24) is 19.8 Å². The second kappa shape index (κ2) is 7.32. The van der Waals surface area contributed by atoms with Crippen LogP contribution in [0.3, 0.4) is 0 Å². The van der Waals surface area contributed by atoms with Gasteiger partial charge in [-0.2, -0.15) is 0 Å². The van der Waals surface area contributed by atoms with Gasteiger partial charge in [-0.25, -0.2) is 0 Å². The number of carbonyl (C=O) groups is 2. The van der Waals surface area contributed by atoms with Crippen molar-refractivity contribution in [3.8, 4) is 0 Å². The summed E-state index contributed by atoms with van der Waals surface area (Å²) in [5.74, 6) is -0.492. The molecule has 6 nitrogen and oxygen atoms in total. The number of amides is 2. The highest BCUT2D eigenvalue weighted by atomic mass is 35.5. The molecule has 1 heterocycles. The van der Waals surface area contributed by atoms with E-state index in [1.165, 1.54) is 0 Å². The van der Waals surface area contributed by atoms with Gasteiger partial charge in [-0.3, -0.25) is 9.59 Å². The summed E-state index contributed by atoms with van der Waals surface area (Å²) < 4.78 is 3.78. The molecular weight excluding hydrogens is 372 g/mol. The molecule has 1 aliphatic rings. The van der Waals surface area contributed by atoms with E-state index in [1.807, 2.05) is 20.8 Å². The van der Waals surface area contributed by atoms with Crippen LogP contribution in [0.25, 0.3) is 0 Å². The molecule has 1 atom stereocenters. The highest BCUT2D eigenvalue weighted by Gasteiger charge is 2.42. The Kier molecular flexibility index (Phi) is 5.29. The van der Waals surface area contributed by atoms with Crippen molar-refractivity contribution in [2.45, 2.75) is 51.2 Å². The van der Waals surface area contributed by atoms with Crippen LogP contribution < -0.4 is 5.32 Å². The van der Waals surface area contributed by atoms with Gasteiger partial charge in [0.05, 0.1) is 0 Å². The minimum Gasteiger partial charge on any atom is -0.349 e. The number of halogens is 1. The fourth-order valence-corrected chi connectivity index (χ4v) is 3.31. The van der Waals surface area contributed by atoms with Gasteiger partial charge in [0.2, 0.25) is 5.91 Å². The molecule has 8 heteroatoms. The molecule has 0 bridgehead atoms. The fraction of sp³-hybridized carbons (Fsp3) is 0.444. The molecular formula is C18H21ClN4O2S. The van der Waals surface area contributed by atoms with Crippen molar-refractivity contribution in [3.05, 3.63) is 45.9 Å². The lowest BCUT2D eigenvalue weighted by Crippen LogP contribution is -2.50. The van der Waals surface area contributed by atoms with Crippen LogP contribution in [0.2, 0.25) is 5.02 Å². The molecule has 1 saturated carbocycles. The van der Waals surface area contributed by atoms with E-state index in [1.54, 1.807) is 34.5 Å². The number of nitrogens with zero attached hydrogens (tertiary/aromatic N) is 3. The summed E-state index contributed by atoms with van der Waals surface area (Å²) in [5, 5.41) is 9.08. The third-order valence-electron chi connectivity index (χ3n) is 3.96. The first kappa shape index (κ1) is 18.8. The van der Waals surface area contributed by atoms with Crippen LogP contribution in [-0.2, 0) is 4.79 Å². The lowest BCUT2D eigenvalue weighted by Gasteiger charge is -2.33. The summed E-state index contributed by atoms with van der Waals surface area (Å²) in [6.07, 6.45) is 1.74. The van der Waals surface area contributed by atoms with Crippen LogP contribution >= 0.6 is 23.1 Å². The van der Waals surface area contributed by atoms with E-state index in [9.17, 15) is 9.59 Å². The fourth-order valence-electron chi connectivity index (χ4n) is 2.76. The van der Waals surface area contributed by atoms with Gasteiger partial charge in [-0.1, -0.05) is 28.2 Å². The second-order valence-corrected chi connectivity index (χ2v) is 8.47. The predicted octanol–water partition coefficient (Wildman–Crippen LogP) is 3.45. The maximum atomic E-state index is 13.1. The molecule has 138 valence electrons. The quantitative estimate of drug-likeness (QED) is 0.845. The van der Waals surface area contributed by atoms with Crippen LogP contribution in [0.5, 0.6) is 0 Å². The number of benzene rings is 1. The minimum absolute atomic E-state index is 0.0237.